The molecule has 0 aromatic heterocycles. The number of likely N-dealkylation sites (N-methyl/N-ethyl adjacent to an activating group) is 1. The topological polar surface area (TPSA) is 105 Å². The summed E-state index contributed by atoms with van der Waals surface area (Å²) in [4.78, 5) is 24.2. The number of halogens is 1. The van der Waals surface area contributed by atoms with E-state index in [0.717, 1.165) is 19.2 Å². The first kappa shape index (κ1) is 15.1. The molecule has 1 aromatic carbocycles. The highest BCUT2D eigenvalue weighted by Gasteiger charge is 2.23. The number of nitrogens with zero attached hydrogens (tertiary/aromatic N) is 3. The second-order valence-electron chi connectivity index (χ2n) is 4.87. The van der Waals surface area contributed by atoms with Gasteiger partial charge < -0.3 is 10.6 Å². The van der Waals surface area contributed by atoms with Gasteiger partial charge in [0.1, 0.15) is 11.5 Å². The summed E-state index contributed by atoms with van der Waals surface area (Å²) in [6.45, 7) is 2.78. The third-order valence-electron chi connectivity index (χ3n) is 3.33. The van der Waals surface area contributed by atoms with Crippen LogP contribution in [-0.2, 0) is 0 Å². The molecule has 0 atom stereocenters. The van der Waals surface area contributed by atoms with Gasteiger partial charge in [-0.15, -0.1) is 0 Å². The summed E-state index contributed by atoms with van der Waals surface area (Å²) in [5.41, 5.74) is 6.99. The summed E-state index contributed by atoms with van der Waals surface area (Å²) in [6.07, 6.45) is 0. The fourth-order valence-electron chi connectivity index (χ4n) is 2.06. The molecule has 1 aliphatic heterocycles. The number of hydrazine groups is 1. The molecule has 9 heteroatoms. The lowest BCUT2D eigenvalue weighted by Crippen LogP contribution is -2.52. The normalized spacial score (nSPS) is 16.7. The smallest absolute Gasteiger partial charge is 0.295 e. The first-order valence-electron chi connectivity index (χ1n) is 6.36. The Morgan fingerprint density at radius 2 is 2.00 bits per heavy atom. The van der Waals surface area contributed by atoms with Crippen LogP contribution in [0.5, 0.6) is 0 Å². The average molecular weight is 297 g/mol. The molecule has 0 bridgehead atoms. The number of carbonyl (C=O) groups excluding carboxylic acids is 1. The van der Waals surface area contributed by atoms with E-state index in [0.29, 0.717) is 19.2 Å². The van der Waals surface area contributed by atoms with Crippen LogP contribution in [-0.4, -0.2) is 54.0 Å². The Kier molecular flexibility index (Phi) is 4.34. The molecule has 0 unspecified atom stereocenters. The Balaban J connectivity index is 2.17. The summed E-state index contributed by atoms with van der Waals surface area (Å²) in [5.74, 6) is -1.53. The van der Waals surface area contributed by atoms with Gasteiger partial charge in [-0.25, -0.2) is 9.40 Å². The molecule has 21 heavy (non-hydrogen) atoms. The maximum absolute atomic E-state index is 13.4. The van der Waals surface area contributed by atoms with E-state index < -0.39 is 22.3 Å². The van der Waals surface area contributed by atoms with E-state index >= 15 is 0 Å². The Bertz CT molecular complexity index is 572. The highest BCUT2D eigenvalue weighted by Crippen LogP contribution is 2.26. The van der Waals surface area contributed by atoms with Crippen LogP contribution in [0.25, 0.3) is 0 Å². The van der Waals surface area contributed by atoms with Gasteiger partial charge >= 0.3 is 0 Å². The number of nitrogens with one attached hydrogen (secondary N) is 1. The molecule has 1 aliphatic rings. The molecule has 114 valence electrons. The van der Waals surface area contributed by atoms with E-state index in [4.69, 9.17) is 5.73 Å². The van der Waals surface area contributed by atoms with Gasteiger partial charge in [-0.1, -0.05) is 0 Å². The van der Waals surface area contributed by atoms with Crippen molar-refractivity contribution in [2.75, 3.05) is 39.0 Å². The third-order valence-corrected chi connectivity index (χ3v) is 3.33. The van der Waals surface area contributed by atoms with Gasteiger partial charge in [0.05, 0.1) is 16.6 Å². The lowest BCUT2D eigenvalue weighted by molar-refractivity contribution is -0.384. The van der Waals surface area contributed by atoms with Crippen molar-refractivity contribution in [2.45, 2.75) is 0 Å². The van der Waals surface area contributed by atoms with Crippen LogP contribution >= 0.6 is 0 Å². The molecular formula is C12H16FN5O3. The number of nitro benzene ring substituents is 1. The Labute approximate surface area is 120 Å². The molecule has 0 radical (unpaired) electrons. The number of anilines is 1. The molecule has 0 aliphatic carbocycles. The van der Waals surface area contributed by atoms with Crippen molar-refractivity contribution >= 4 is 17.3 Å². The molecule has 8 nitrogen and oxygen atoms in total. The van der Waals surface area contributed by atoms with Crippen LogP contribution in [0.1, 0.15) is 10.4 Å². The molecule has 1 amide bonds. The molecule has 1 saturated heterocycles. The van der Waals surface area contributed by atoms with Crippen molar-refractivity contribution in [2.24, 2.45) is 0 Å². The first-order chi connectivity index (χ1) is 9.88. The lowest BCUT2D eigenvalue weighted by atomic mass is 10.1. The van der Waals surface area contributed by atoms with E-state index in [9.17, 15) is 19.3 Å². The van der Waals surface area contributed by atoms with Crippen molar-refractivity contribution in [1.29, 1.82) is 0 Å². The van der Waals surface area contributed by atoms with Crippen LogP contribution in [0.15, 0.2) is 12.1 Å². The molecule has 2 rings (SSSR count). The standard InChI is InChI=1S/C12H16FN5O3/c1-16-2-4-17(5-3-16)15-12(19)9-6-8(13)7-10(11(9)14)18(20)21/h6-7H,2-5,14H2,1H3,(H,15,19). The number of nitrogens with two attached hydrogens (primary N) is 1. The predicted octanol–water partition coefficient (Wildman–Crippen LogP) is 0.208. The summed E-state index contributed by atoms with van der Waals surface area (Å²) in [5, 5.41) is 12.5. The zero-order chi connectivity index (χ0) is 15.6. The molecule has 1 heterocycles. The maximum Gasteiger partial charge on any atom is 0.295 e. The van der Waals surface area contributed by atoms with Gasteiger partial charge in [-0.2, -0.15) is 0 Å². The average Bonchev–Trinajstić information content (AvgIpc) is 2.43. The number of piperazine rings is 1. The first-order valence-corrected chi connectivity index (χ1v) is 6.36. The SMILES string of the molecule is CN1CCN(NC(=O)c2cc(F)cc([N+](=O)[O-])c2N)CC1. The maximum atomic E-state index is 13.4. The van der Waals surface area contributed by atoms with Gasteiger partial charge in [0.25, 0.3) is 11.6 Å². The number of benzene rings is 1. The molecule has 0 spiro atoms. The predicted molar refractivity (Wildman–Crippen MR) is 74.0 cm³/mol. The van der Waals surface area contributed by atoms with E-state index in [1.165, 1.54) is 0 Å². The third kappa shape index (κ3) is 3.44. The lowest BCUT2D eigenvalue weighted by Gasteiger charge is -2.32. The molecule has 3 N–H and O–H groups in total. The van der Waals surface area contributed by atoms with Crippen LogP contribution in [0.4, 0.5) is 15.8 Å². The van der Waals surface area contributed by atoms with Crippen LogP contribution in [0, 0.1) is 15.9 Å². The number of nitrogen functional groups attached to an aromatic ring is 1. The largest absolute Gasteiger partial charge is 0.393 e. The zero-order valence-corrected chi connectivity index (χ0v) is 11.5. The highest BCUT2D eigenvalue weighted by molar-refractivity contribution is 6.00. The van der Waals surface area contributed by atoms with Crippen molar-refractivity contribution in [3.63, 3.8) is 0 Å². The summed E-state index contributed by atoms with van der Waals surface area (Å²) in [6, 6.07) is 1.59. The van der Waals surface area contributed by atoms with Crippen LogP contribution in [0.3, 0.4) is 0 Å². The van der Waals surface area contributed by atoms with Gasteiger partial charge in [0.2, 0.25) is 0 Å². The minimum Gasteiger partial charge on any atom is -0.393 e. The van der Waals surface area contributed by atoms with E-state index in [2.05, 4.69) is 10.3 Å². The summed E-state index contributed by atoms with van der Waals surface area (Å²) >= 11 is 0. The quantitative estimate of drug-likeness (QED) is 0.469. The van der Waals surface area contributed by atoms with Crippen molar-refractivity contribution in [3.8, 4) is 0 Å². The van der Waals surface area contributed by atoms with E-state index in [1.54, 1.807) is 5.01 Å². The minimum absolute atomic E-state index is 0.236. The fourth-order valence-corrected chi connectivity index (χ4v) is 2.06. The number of hydrogen-bond donors (Lipinski definition) is 2. The zero-order valence-electron chi connectivity index (χ0n) is 11.5. The van der Waals surface area contributed by atoms with E-state index in [1.807, 2.05) is 7.05 Å². The molecule has 1 fully saturated rings. The number of nitro groups is 1. The minimum atomic E-state index is -0.876. The van der Waals surface area contributed by atoms with Gasteiger partial charge in [-0.3, -0.25) is 20.3 Å². The fraction of sp³-hybridized carbons (Fsp3) is 0.417. The summed E-state index contributed by atoms with van der Waals surface area (Å²) < 4.78 is 13.4. The van der Waals surface area contributed by atoms with Crippen LogP contribution < -0.4 is 11.2 Å². The number of carbonyl (C=O) groups is 1. The Morgan fingerprint density at radius 3 is 2.57 bits per heavy atom. The van der Waals surface area contributed by atoms with Crippen LogP contribution in [0.2, 0.25) is 0 Å². The van der Waals surface area contributed by atoms with E-state index in [-0.39, 0.29) is 11.3 Å². The monoisotopic (exact) mass is 297 g/mol. The number of hydrogen-bond acceptors (Lipinski definition) is 6. The second kappa shape index (κ2) is 6.02. The Morgan fingerprint density at radius 1 is 1.38 bits per heavy atom. The summed E-state index contributed by atoms with van der Waals surface area (Å²) in [7, 11) is 1.97. The Hall–Kier alpha value is -2.26. The number of rotatable bonds is 3. The van der Waals surface area contributed by atoms with Crippen molar-refractivity contribution in [3.05, 3.63) is 33.6 Å². The highest BCUT2D eigenvalue weighted by atomic mass is 19.1. The molecule has 0 saturated carbocycles. The van der Waals surface area contributed by atoms with Gasteiger partial charge in [-0.05, 0) is 13.1 Å². The second-order valence-corrected chi connectivity index (χ2v) is 4.87. The van der Waals surface area contributed by atoms with Gasteiger partial charge in [0, 0.05) is 26.2 Å². The van der Waals surface area contributed by atoms with Crippen molar-refractivity contribution < 1.29 is 14.1 Å². The molecule has 1 aromatic rings. The van der Waals surface area contributed by atoms with Gasteiger partial charge in [0.15, 0.2) is 0 Å². The molecular weight excluding hydrogens is 281 g/mol. The van der Waals surface area contributed by atoms with Crippen molar-refractivity contribution in [1.82, 2.24) is 15.3 Å². The number of amides is 1.